The fourth-order valence-corrected chi connectivity index (χ4v) is 6.39. The molecule has 0 unspecified atom stereocenters. The van der Waals surface area contributed by atoms with Crippen LogP contribution in [0.4, 0.5) is 23.2 Å². The number of allylic oxidation sites excluding steroid dienone is 2. The summed E-state index contributed by atoms with van der Waals surface area (Å²) in [5.41, 5.74) is 6.30. The topological polar surface area (TPSA) is 304 Å². The molecule has 4 aromatic rings. The Kier molecular flexibility index (Phi) is 8.97. The Hall–Kier alpha value is -4.52. The molecular formula is C23H23N7O12S4. The highest BCUT2D eigenvalue weighted by Crippen LogP contribution is 2.33. The van der Waals surface area contributed by atoms with Crippen molar-refractivity contribution in [2.75, 3.05) is 10.5 Å². The molecule has 0 atom stereocenters. The van der Waals surface area contributed by atoms with E-state index in [0.29, 0.717) is 18.2 Å². The predicted molar refractivity (Wildman–Crippen MR) is 162 cm³/mol. The number of oxazole rings is 1. The van der Waals surface area contributed by atoms with Crippen LogP contribution in [-0.2, 0) is 40.4 Å². The van der Waals surface area contributed by atoms with E-state index in [2.05, 4.69) is 33.5 Å². The number of anilines is 2. The Balaban J connectivity index is 1.48. The third-order valence-corrected chi connectivity index (χ3v) is 10.0. The monoisotopic (exact) mass is 717 g/mol. The molecule has 23 heteroatoms. The molecule has 6 N–H and O–H groups in total. The molecule has 19 nitrogen and oxygen atoms in total. The Bertz CT molecular complexity index is 2340. The molecule has 0 fully saturated rings. The summed E-state index contributed by atoms with van der Waals surface area (Å²) < 4.78 is 131. The quantitative estimate of drug-likeness (QED) is 0.104. The third kappa shape index (κ3) is 7.64. The van der Waals surface area contributed by atoms with Gasteiger partial charge in [0.2, 0.25) is 0 Å². The lowest BCUT2D eigenvalue weighted by Crippen LogP contribution is -2.16. The maximum Gasteiger partial charge on any atom is 0.341 e. The Morgan fingerprint density at radius 2 is 1.48 bits per heavy atom. The van der Waals surface area contributed by atoms with Gasteiger partial charge in [0.25, 0.3) is 40.4 Å². The largest absolute Gasteiger partial charge is 0.421 e. The van der Waals surface area contributed by atoms with Crippen LogP contribution in [0.15, 0.2) is 83.8 Å². The average molecular weight is 718 g/mol. The summed E-state index contributed by atoms with van der Waals surface area (Å²) in [6.45, 7) is 8.86. The van der Waals surface area contributed by atoms with Crippen molar-refractivity contribution in [2.24, 2.45) is 10.2 Å². The number of sulfonamides is 1. The lowest BCUT2D eigenvalue weighted by Gasteiger charge is -2.13. The van der Waals surface area contributed by atoms with E-state index in [1.807, 2.05) is 4.72 Å². The van der Waals surface area contributed by atoms with Crippen molar-refractivity contribution in [2.45, 2.75) is 34.5 Å². The number of nitrogens with two attached hydrogens (primary N) is 1. The number of aromatic nitrogens is 3. The van der Waals surface area contributed by atoms with Gasteiger partial charge in [-0.25, -0.2) is 13.1 Å². The zero-order valence-corrected chi connectivity index (χ0v) is 26.5. The van der Waals surface area contributed by atoms with Crippen molar-refractivity contribution < 1.29 is 51.7 Å². The Labute approximate surface area is 261 Å². The van der Waals surface area contributed by atoms with Gasteiger partial charge in [0, 0.05) is 11.8 Å². The molecule has 46 heavy (non-hydrogen) atoms. The molecule has 0 spiro atoms. The van der Waals surface area contributed by atoms with Crippen LogP contribution in [0.5, 0.6) is 0 Å². The van der Waals surface area contributed by atoms with Gasteiger partial charge >= 0.3 is 6.01 Å². The second kappa shape index (κ2) is 12.0. The molecule has 4 rings (SSSR count). The van der Waals surface area contributed by atoms with Crippen LogP contribution in [0.3, 0.4) is 0 Å². The highest BCUT2D eigenvalue weighted by atomic mass is 32.2. The van der Waals surface area contributed by atoms with Gasteiger partial charge in [0.05, 0.1) is 31.0 Å². The van der Waals surface area contributed by atoms with E-state index in [0.717, 1.165) is 16.8 Å². The first kappa shape index (κ1) is 34.4. The van der Waals surface area contributed by atoms with Gasteiger partial charge in [-0.2, -0.15) is 35.3 Å². The molecule has 0 aliphatic carbocycles. The number of fused-ring (bicyclic) bond motifs is 1. The van der Waals surface area contributed by atoms with Crippen LogP contribution in [0.1, 0.15) is 18.5 Å². The summed E-state index contributed by atoms with van der Waals surface area (Å²) in [5.74, 6) is -0.0533. The number of benzene rings is 2. The van der Waals surface area contributed by atoms with Crippen LogP contribution >= 0.6 is 0 Å². The maximum absolute atomic E-state index is 12.9. The number of azo groups is 1. The van der Waals surface area contributed by atoms with Crippen molar-refractivity contribution in [3.63, 3.8) is 0 Å². The minimum Gasteiger partial charge on any atom is -0.421 e. The van der Waals surface area contributed by atoms with Crippen molar-refractivity contribution in [3.8, 4) is 0 Å². The van der Waals surface area contributed by atoms with Crippen molar-refractivity contribution in [1.82, 2.24) is 14.8 Å². The molecule has 0 bridgehead atoms. The molecule has 246 valence electrons. The van der Waals surface area contributed by atoms with Gasteiger partial charge in [-0.1, -0.05) is 18.3 Å². The van der Waals surface area contributed by atoms with Crippen molar-refractivity contribution in [3.05, 3.63) is 60.2 Å². The van der Waals surface area contributed by atoms with E-state index in [1.165, 1.54) is 13.0 Å². The first-order valence-corrected chi connectivity index (χ1v) is 18.0. The van der Waals surface area contributed by atoms with Crippen LogP contribution in [0.2, 0.25) is 0 Å². The number of hydrogen-bond donors (Lipinski definition) is 5. The van der Waals surface area contributed by atoms with Crippen LogP contribution < -0.4 is 10.5 Å². The molecule has 2 heterocycles. The highest BCUT2D eigenvalue weighted by Gasteiger charge is 2.23. The van der Waals surface area contributed by atoms with E-state index in [4.69, 9.17) is 10.2 Å². The minimum absolute atomic E-state index is 0.00696. The lowest BCUT2D eigenvalue weighted by atomic mass is 10.2. The Morgan fingerprint density at radius 3 is 2.04 bits per heavy atom. The summed E-state index contributed by atoms with van der Waals surface area (Å²) in [5, 5.41) is 12.0. The molecule has 0 saturated heterocycles. The highest BCUT2D eigenvalue weighted by molar-refractivity contribution is 7.96. The SMILES string of the molecule is C=C(CCC(=C)S(=O)(=O)Nc1cc(S(=O)(=O)O)cc(S(=O)(=O)O)c1)n1nc(C)c(N=Nc2nc3ccc(S(=O)(=O)O)cc3o2)c1N. The third-order valence-electron chi connectivity index (χ3n) is 6.05. The average Bonchev–Trinajstić information content (AvgIpc) is 3.47. The van der Waals surface area contributed by atoms with Gasteiger partial charge in [-0.3, -0.25) is 18.4 Å². The molecule has 0 aliphatic heterocycles. The van der Waals surface area contributed by atoms with Crippen LogP contribution in [0.25, 0.3) is 16.8 Å². The fraction of sp³-hybridized carbons (Fsp3) is 0.130. The molecule has 2 aromatic carbocycles. The van der Waals surface area contributed by atoms with Gasteiger partial charge in [0.1, 0.15) is 5.52 Å². The fourth-order valence-electron chi connectivity index (χ4n) is 3.77. The standard InChI is InChI=1S/C23H23N7O12S4/c1-12(4-5-13(2)43(31,32)29-15-8-17(45(36,37)38)10-18(9-15)46(39,40)41)30-22(24)21(14(3)28-30)26-27-23-25-19-7-6-16(44(33,34)35)11-20(19)42-23/h6-11,29H,1-2,4-5,24H2,3H3,(H,33,34,35)(H,36,37,38)(H,39,40,41). The zero-order valence-electron chi connectivity index (χ0n) is 23.3. The summed E-state index contributed by atoms with van der Waals surface area (Å²) in [7, 11) is -19.0. The van der Waals surface area contributed by atoms with E-state index < -0.39 is 65.7 Å². The summed E-state index contributed by atoms with van der Waals surface area (Å²) in [4.78, 5) is 1.18. The molecule has 0 saturated carbocycles. The molecule has 2 aromatic heterocycles. The number of aryl methyl sites for hydroxylation is 1. The number of nitrogens with zero attached hydrogens (tertiary/aromatic N) is 5. The van der Waals surface area contributed by atoms with Crippen LogP contribution in [-0.4, -0.2) is 62.1 Å². The summed E-state index contributed by atoms with van der Waals surface area (Å²) in [6, 6.07) is 4.89. The van der Waals surface area contributed by atoms with Gasteiger partial charge in [-0.15, -0.1) is 5.11 Å². The van der Waals surface area contributed by atoms with Gasteiger partial charge < -0.3 is 10.2 Å². The normalized spacial score (nSPS) is 13.0. The molecular weight excluding hydrogens is 695 g/mol. The molecule has 0 radical (unpaired) electrons. The maximum atomic E-state index is 12.9. The first-order valence-electron chi connectivity index (χ1n) is 12.2. The zero-order chi connectivity index (χ0) is 34.4. The number of rotatable bonds is 12. The number of hydrogen-bond acceptors (Lipinski definition) is 14. The van der Waals surface area contributed by atoms with Crippen LogP contribution in [0, 0.1) is 6.92 Å². The van der Waals surface area contributed by atoms with E-state index in [1.54, 1.807) is 0 Å². The van der Waals surface area contributed by atoms with Crippen molar-refractivity contribution >= 4 is 80.4 Å². The van der Waals surface area contributed by atoms with Crippen molar-refractivity contribution in [1.29, 1.82) is 0 Å². The summed E-state index contributed by atoms with van der Waals surface area (Å²) in [6.07, 6.45) is -0.370. The van der Waals surface area contributed by atoms with E-state index >= 15 is 0 Å². The second-order valence-corrected chi connectivity index (χ2v) is 15.4. The Morgan fingerprint density at radius 1 is 0.891 bits per heavy atom. The predicted octanol–water partition coefficient (Wildman–Crippen LogP) is 3.28. The first-order chi connectivity index (χ1) is 21.1. The minimum atomic E-state index is -4.99. The number of nitrogen functional groups attached to an aromatic ring is 1. The lowest BCUT2D eigenvalue weighted by molar-refractivity contribution is 0.478. The van der Waals surface area contributed by atoms with Gasteiger partial charge in [-0.05, 0) is 50.1 Å². The summed E-state index contributed by atoms with van der Waals surface area (Å²) >= 11 is 0. The van der Waals surface area contributed by atoms with Gasteiger partial charge in [0.15, 0.2) is 17.1 Å². The van der Waals surface area contributed by atoms with E-state index in [9.17, 15) is 47.3 Å². The second-order valence-electron chi connectivity index (χ2n) is 9.39. The number of nitrogens with one attached hydrogen (secondary N) is 1. The smallest absolute Gasteiger partial charge is 0.341 e. The van der Waals surface area contributed by atoms with E-state index in [-0.39, 0.29) is 52.9 Å². The molecule has 0 amide bonds. The molecule has 0 aliphatic rings.